The molecule has 1 aliphatic rings. The smallest absolute Gasteiger partial charge is 0.182 e. The van der Waals surface area contributed by atoms with Gasteiger partial charge in [-0.3, -0.25) is 5.01 Å². The molecule has 0 amide bonds. The van der Waals surface area contributed by atoms with Crippen LogP contribution in [0.2, 0.25) is 0 Å². The van der Waals surface area contributed by atoms with Gasteiger partial charge >= 0.3 is 0 Å². The summed E-state index contributed by atoms with van der Waals surface area (Å²) in [6.45, 7) is 10.8. The van der Waals surface area contributed by atoms with E-state index in [0.717, 1.165) is 54.9 Å². The van der Waals surface area contributed by atoms with Gasteiger partial charge in [0, 0.05) is 43.3 Å². The number of hydrazone groups is 1. The van der Waals surface area contributed by atoms with Gasteiger partial charge in [0.05, 0.1) is 7.11 Å². The monoisotopic (exact) mass is 446 g/mol. The Balaban J connectivity index is 1.55. The SMILES string of the molecule is C=NN(/C=C(\C)c1ccnc(NCC2CCC(c3ccc(OC)c(C#N)n3)CC2)c1)C(C)C. The van der Waals surface area contributed by atoms with Crippen molar-refractivity contribution in [3.63, 3.8) is 0 Å². The third-order valence-electron chi connectivity index (χ3n) is 6.28. The molecule has 0 radical (unpaired) electrons. The first-order valence-corrected chi connectivity index (χ1v) is 11.5. The van der Waals surface area contributed by atoms with Crippen LogP contribution in [0.15, 0.2) is 41.8 Å². The molecule has 174 valence electrons. The molecule has 0 bridgehead atoms. The van der Waals surface area contributed by atoms with Crippen LogP contribution in [0.25, 0.3) is 5.57 Å². The molecule has 2 aromatic rings. The summed E-state index contributed by atoms with van der Waals surface area (Å²) in [7, 11) is 1.57. The second kappa shape index (κ2) is 11.5. The van der Waals surface area contributed by atoms with Crippen molar-refractivity contribution >= 4 is 18.1 Å². The molecule has 1 aliphatic carbocycles. The number of anilines is 1. The molecule has 7 heteroatoms. The highest BCUT2D eigenvalue weighted by Gasteiger charge is 2.24. The number of nitriles is 1. The van der Waals surface area contributed by atoms with Gasteiger partial charge in [0.25, 0.3) is 0 Å². The van der Waals surface area contributed by atoms with Crippen LogP contribution >= 0.6 is 0 Å². The first kappa shape index (κ1) is 24.2. The molecule has 1 fully saturated rings. The molecule has 0 unspecified atom stereocenters. The highest BCUT2D eigenvalue weighted by Crippen LogP contribution is 2.36. The van der Waals surface area contributed by atoms with E-state index in [-0.39, 0.29) is 6.04 Å². The van der Waals surface area contributed by atoms with Crippen molar-refractivity contribution < 1.29 is 4.74 Å². The molecular weight excluding hydrogens is 412 g/mol. The van der Waals surface area contributed by atoms with Gasteiger partial charge in [-0.25, -0.2) is 9.97 Å². The predicted octanol–water partition coefficient (Wildman–Crippen LogP) is 5.43. The molecule has 33 heavy (non-hydrogen) atoms. The van der Waals surface area contributed by atoms with Crippen LogP contribution in [-0.4, -0.2) is 41.4 Å². The summed E-state index contributed by atoms with van der Waals surface area (Å²) < 4.78 is 5.22. The zero-order chi connectivity index (χ0) is 23.8. The third-order valence-corrected chi connectivity index (χ3v) is 6.28. The first-order chi connectivity index (χ1) is 15.9. The molecule has 0 atom stereocenters. The van der Waals surface area contributed by atoms with Crippen LogP contribution in [0, 0.1) is 17.2 Å². The van der Waals surface area contributed by atoms with Gasteiger partial charge in [-0.05, 0) is 87.8 Å². The Morgan fingerprint density at radius 3 is 2.73 bits per heavy atom. The Labute approximate surface area is 197 Å². The van der Waals surface area contributed by atoms with E-state index in [4.69, 9.17) is 4.74 Å². The number of rotatable bonds is 9. The van der Waals surface area contributed by atoms with Crippen molar-refractivity contribution in [1.82, 2.24) is 15.0 Å². The maximum absolute atomic E-state index is 9.31. The summed E-state index contributed by atoms with van der Waals surface area (Å²) in [5, 5.41) is 18.8. The fraction of sp³-hybridized carbons (Fsp3) is 0.462. The number of nitrogens with one attached hydrogen (secondary N) is 1. The number of nitrogens with zero attached hydrogens (tertiary/aromatic N) is 5. The number of allylic oxidation sites excluding steroid dienone is 1. The molecule has 0 saturated heterocycles. The van der Waals surface area contributed by atoms with Crippen molar-refractivity contribution in [2.45, 2.75) is 58.4 Å². The maximum atomic E-state index is 9.31. The lowest BCUT2D eigenvalue weighted by atomic mass is 9.80. The Morgan fingerprint density at radius 1 is 1.33 bits per heavy atom. The van der Waals surface area contributed by atoms with Crippen LogP contribution in [0.1, 0.15) is 69.3 Å². The van der Waals surface area contributed by atoms with Crippen LogP contribution in [0.4, 0.5) is 5.82 Å². The number of methoxy groups -OCH3 is 1. The minimum Gasteiger partial charge on any atom is -0.494 e. The zero-order valence-electron chi connectivity index (χ0n) is 20.1. The second-order valence-corrected chi connectivity index (χ2v) is 8.85. The summed E-state index contributed by atoms with van der Waals surface area (Å²) in [4.78, 5) is 9.04. The normalized spacial score (nSPS) is 18.5. The Hall–Kier alpha value is -3.40. The lowest BCUT2D eigenvalue weighted by molar-refractivity contribution is 0.331. The van der Waals surface area contributed by atoms with E-state index in [0.29, 0.717) is 23.3 Å². The summed E-state index contributed by atoms with van der Waals surface area (Å²) in [6.07, 6.45) is 8.26. The van der Waals surface area contributed by atoms with Gasteiger partial charge in [0.15, 0.2) is 11.4 Å². The standard InChI is InChI=1S/C26H34N6O/c1-18(2)32(28-4)17-19(3)22-12-13-29-26(14-22)30-16-20-6-8-21(9-7-20)23-10-11-25(33-5)24(15-27)31-23/h10-14,17-18,20-21H,4,6-9,16H2,1-3,5H3,(H,29,30)/b19-17+. The molecule has 0 aliphatic heterocycles. The van der Waals surface area contributed by atoms with E-state index in [1.165, 1.54) is 0 Å². The van der Waals surface area contributed by atoms with Gasteiger partial charge in [-0.2, -0.15) is 10.4 Å². The van der Waals surface area contributed by atoms with E-state index < -0.39 is 0 Å². The summed E-state index contributed by atoms with van der Waals surface area (Å²) in [5.41, 5.74) is 3.60. The molecule has 7 nitrogen and oxygen atoms in total. The van der Waals surface area contributed by atoms with Gasteiger partial charge < -0.3 is 10.1 Å². The van der Waals surface area contributed by atoms with Gasteiger partial charge in [0.2, 0.25) is 0 Å². The molecule has 1 N–H and O–H groups in total. The van der Waals surface area contributed by atoms with Crippen LogP contribution in [0.5, 0.6) is 5.75 Å². The van der Waals surface area contributed by atoms with E-state index in [2.05, 4.69) is 60.0 Å². The van der Waals surface area contributed by atoms with E-state index in [1.54, 1.807) is 7.11 Å². The molecule has 2 aromatic heterocycles. The average Bonchev–Trinajstić information content (AvgIpc) is 2.85. The van der Waals surface area contributed by atoms with E-state index >= 15 is 0 Å². The topological polar surface area (TPSA) is 86.4 Å². The van der Waals surface area contributed by atoms with Crippen LogP contribution in [0.3, 0.4) is 0 Å². The molecule has 3 rings (SSSR count). The quantitative estimate of drug-likeness (QED) is 0.408. The molecular formula is C26H34N6O. The molecule has 1 saturated carbocycles. The number of aromatic nitrogens is 2. The summed E-state index contributed by atoms with van der Waals surface area (Å²) in [5.74, 6) is 2.42. The third kappa shape index (κ3) is 6.32. The van der Waals surface area contributed by atoms with Gasteiger partial charge in [0.1, 0.15) is 11.9 Å². The van der Waals surface area contributed by atoms with Crippen molar-refractivity contribution in [1.29, 1.82) is 5.26 Å². The number of hydrogen-bond donors (Lipinski definition) is 1. The first-order valence-electron chi connectivity index (χ1n) is 11.5. The van der Waals surface area contributed by atoms with Crippen molar-refractivity contribution in [2.24, 2.45) is 11.0 Å². The van der Waals surface area contributed by atoms with Gasteiger partial charge in [-0.15, -0.1) is 0 Å². The summed E-state index contributed by atoms with van der Waals surface area (Å²) >= 11 is 0. The lowest BCUT2D eigenvalue weighted by Gasteiger charge is -2.28. The Bertz CT molecular complexity index is 1020. The van der Waals surface area contributed by atoms with Crippen molar-refractivity contribution in [3.05, 3.63) is 53.6 Å². The summed E-state index contributed by atoms with van der Waals surface area (Å²) in [6, 6.07) is 10.3. The molecule has 2 heterocycles. The van der Waals surface area contributed by atoms with E-state index in [1.807, 2.05) is 35.6 Å². The van der Waals surface area contributed by atoms with Gasteiger partial charge in [-0.1, -0.05) is 0 Å². The maximum Gasteiger partial charge on any atom is 0.182 e. The minimum atomic E-state index is 0.256. The highest BCUT2D eigenvalue weighted by molar-refractivity contribution is 5.65. The molecule has 0 spiro atoms. The van der Waals surface area contributed by atoms with Crippen molar-refractivity contribution in [3.8, 4) is 11.8 Å². The predicted molar refractivity (Wildman–Crippen MR) is 133 cm³/mol. The van der Waals surface area contributed by atoms with Crippen molar-refractivity contribution in [2.75, 3.05) is 19.0 Å². The second-order valence-electron chi connectivity index (χ2n) is 8.85. The highest BCUT2D eigenvalue weighted by atomic mass is 16.5. The van der Waals surface area contributed by atoms with Crippen LogP contribution in [-0.2, 0) is 0 Å². The number of ether oxygens (including phenoxy) is 1. The number of pyridine rings is 2. The number of hydrogen-bond acceptors (Lipinski definition) is 7. The van der Waals surface area contributed by atoms with E-state index in [9.17, 15) is 5.26 Å². The Morgan fingerprint density at radius 2 is 2.09 bits per heavy atom. The molecule has 0 aromatic carbocycles. The average molecular weight is 447 g/mol. The largest absolute Gasteiger partial charge is 0.494 e. The minimum absolute atomic E-state index is 0.256. The zero-order valence-corrected chi connectivity index (χ0v) is 20.1. The fourth-order valence-corrected chi connectivity index (χ4v) is 4.24. The lowest BCUT2D eigenvalue weighted by Crippen LogP contribution is -2.21. The van der Waals surface area contributed by atoms with Crippen LogP contribution < -0.4 is 10.1 Å². The Kier molecular flexibility index (Phi) is 8.42. The fourth-order valence-electron chi connectivity index (χ4n) is 4.24.